The minimum Gasteiger partial charge on any atom is -0.480 e. The van der Waals surface area contributed by atoms with Gasteiger partial charge < -0.3 is 20.4 Å². The number of carboxylic acid groups (broad SMARTS) is 4. The van der Waals surface area contributed by atoms with Crippen LogP contribution in [0.25, 0.3) is 0 Å². The van der Waals surface area contributed by atoms with E-state index in [9.17, 15) is 19.2 Å². The van der Waals surface area contributed by atoms with Gasteiger partial charge in [0.05, 0.1) is 37.6 Å². The summed E-state index contributed by atoms with van der Waals surface area (Å²) < 4.78 is 0. The Hall–Kier alpha value is -3.49. The van der Waals surface area contributed by atoms with Crippen LogP contribution in [0.4, 0.5) is 0 Å². The standard InChI is InChI=1S/C17H19N3O8/c1-2-11-3-4-12(5-19(7-14(21)22)8-15(23)24)18-13(11)6-20(9-16(25)26)10-17(27)28/h1,3-4H,5-10H2,(H,21,22)(H,23,24)(H,25,26)(H,27,28). The molecule has 1 rings (SSSR count). The van der Waals surface area contributed by atoms with Crippen molar-refractivity contribution in [2.45, 2.75) is 13.1 Å². The Morgan fingerprint density at radius 1 is 0.821 bits per heavy atom. The van der Waals surface area contributed by atoms with Crippen LogP contribution < -0.4 is 0 Å². The van der Waals surface area contributed by atoms with Crippen molar-refractivity contribution in [3.63, 3.8) is 0 Å². The first kappa shape index (κ1) is 22.6. The Balaban J connectivity index is 3.10. The third-order valence-electron chi connectivity index (χ3n) is 3.38. The molecule has 1 aromatic rings. The molecule has 0 spiro atoms. The zero-order chi connectivity index (χ0) is 21.3. The molecule has 0 unspecified atom stereocenters. The van der Waals surface area contributed by atoms with Crippen LogP contribution in [0.1, 0.15) is 17.0 Å². The fourth-order valence-electron chi connectivity index (χ4n) is 2.43. The molecule has 1 heterocycles. The Kier molecular flexibility index (Phi) is 8.54. The van der Waals surface area contributed by atoms with E-state index in [2.05, 4.69) is 10.9 Å². The second kappa shape index (κ2) is 10.6. The SMILES string of the molecule is C#Cc1ccc(CN(CC(=O)O)CC(=O)O)nc1CN(CC(=O)O)CC(=O)O. The molecule has 11 heteroatoms. The summed E-state index contributed by atoms with van der Waals surface area (Å²) in [7, 11) is 0. The second-order valence-corrected chi connectivity index (χ2v) is 5.81. The molecule has 0 aliphatic rings. The van der Waals surface area contributed by atoms with E-state index in [-0.39, 0.29) is 18.8 Å². The summed E-state index contributed by atoms with van der Waals surface area (Å²) in [5.41, 5.74) is 0.850. The number of aliphatic carboxylic acids is 4. The molecule has 0 saturated heterocycles. The summed E-state index contributed by atoms with van der Waals surface area (Å²) in [6, 6.07) is 2.99. The molecule has 0 aliphatic heterocycles. The molecule has 0 fully saturated rings. The van der Waals surface area contributed by atoms with Gasteiger partial charge in [0.15, 0.2) is 0 Å². The molecule has 0 aromatic carbocycles. The average Bonchev–Trinajstić information content (AvgIpc) is 2.52. The predicted molar refractivity (Wildman–Crippen MR) is 93.3 cm³/mol. The van der Waals surface area contributed by atoms with E-state index in [0.717, 1.165) is 9.80 Å². The summed E-state index contributed by atoms with van der Waals surface area (Å²) in [6.45, 7) is -2.41. The van der Waals surface area contributed by atoms with Gasteiger partial charge in [0.2, 0.25) is 0 Å². The van der Waals surface area contributed by atoms with E-state index < -0.39 is 50.1 Å². The molecule has 1 aromatic heterocycles. The molecular weight excluding hydrogens is 374 g/mol. The van der Waals surface area contributed by atoms with Gasteiger partial charge >= 0.3 is 23.9 Å². The molecule has 0 radical (unpaired) electrons. The molecule has 0 saturated carbocycles. The number of hydrogen-bond acceptors (Lipinski definition) is 7. The first-order chi connectivity index (χ1) is 13.1. The minimum atomic E-state index is -1.23. The van der Waals surface area contributed by atoms with Crippen molar-refractivity contribution >= 4 is 23.9 Å². The molecule has 28 heavy (non-hydrogen) atoms. The van der Waals surface area contributed by atoms with E-state index in [0.29, 0.717) is 11.3 Å². The highest BCUT2D eigenvalue weighted by Gasteiger charge is 2.18. The van der Waals surface area contributed by atoms with Crippen molar-refractivity contribution in [3.05, 3.63) is 29.1 Å². The molecule has 0 atom stereocenters. The monoisotopic (exact) mass is 393 g/mol. The Morgan fingerprint density at radius 2 is 1.25 bits per heavy atom. The molecule has 0 amide bonds. The van der Waals surface area contributed by atoms with Crippen LogP contribution in [0.2, 0.25) is 0 Å². The molecule has 0 bridgehead atoms. The van der Waals surface area contributed by atoms with E-state index in [4.69, 9.17) is 26.8 Å². The van der Waals surface area contributed by atoms with Crippen LogP contribution in [0, 0.1) is 12.3 Å². The maximum absolute atomic E-state index is 10.9. The first-order valence-electron chi connectivity index (χ1n) is 7.88. The van der Waals surface area contributed by atoms with Gasteiger partial charge in [-0.3, -0.25) is 34.0 Å². The first-order valence-corrected chi connectivity index (χ1v) is 7.88. The fourth-order valence-corrected chi connectivity index (χ4v) is 2.43. The number of carbonyl (C=O) groups is 4. The number of rotatable bonds is 12. The lowest BCUT2D eigenvalue weighted by molar-refractivity contribution is -0.144. The third-order valence-corrected chi connectivity index (χ3v) is 3.38. The third kappa shape index (κ3) is 8.26. The second-order valence-electron chi connectivity index (χ2n) is 5.81. The van der Waals surface area contributed by atoms with Gasteiger partial charge in [0.25, 0.3) is 0 Å². The Morgan fingerprint density at radius 3 is 1.64 bits per heavy atom. The van der Waals surface area contributed by atoms with E-state index in [1.807, 2.05) is 0 Å². The van der Waals surface area contributed by atoms with Gasteiger partial charge in [-0.25, -0.2) is 0 Å². The van der Waals surface area contributed by atoms with Crippen molar-refractivity contribution in [1.29, 1.82) is 0 Å². The zero-order valence-corrected chi connectivity index (χ0v) is 14.7. The molecular formula is C17H19N3O8. The number of carboxylic acids is 4. The molecule has 150 valence electrons. The van der Waals surface area contributed by atoms with Crippen LogP contribution in [-0.2, 0) is 32.3 Å². The number of hydrogen-bond donors (Lipinski definition) is 4. The van der Waals surface area contributed by atoms with Crippen LogP contribution in [-0.4, -0.2) is 85.3 Å². The van der Waals surface area contributed by atoms with Crippen molar-refractivity contribution in [2.24, 2.45) is 0 Å². The summed E-state index contributed by atoms with van der Waals surface area (Å²) >= 11 is 0. The van der Waals surface area contributed by atoms with Gasteiger partial charge in [0.1, 0.15) is 0 Å². The van der Waals surface area contributed by atoms with Crippen molar-refractivity contribution in [1.82, 2.24) is 14.8 Å². The quantitative estimate of drug-likeness (QED) is 0.321. The van der Waals surface area contributed by atoms with E-state index >= 15 is 0 Å². The minimum absolute atomic E-state index is 0.103. The highest BCUT2D eigenvalue weighted by molar-refractivity contribution is 5.73. The largest absolute Gasteiger partial charge is 0.480 e. The fraction of sp³-hybridized carbons (Fsp3) is 0.353. The van der Waals surface area contributed by atoms with Gasteiger partial charge in [0, 0.05) is 18.7 Å². The molecule has 0 aliphatic carbocycles. The maximum atomic E-state index is 10.9. The van der Waals surface area contributed by atoms with Crippen molar-refractivity contribution in [3.8, 4) is 12.3 Å². The lowest BCUT2D eigenvalue weighted by Crippen LogP contribution is -2.35. The Bertz CT molecular complexity index is 770. The summed E-state index contributed by atoms with van der Waals surface area (Å²) in [6.07, 6.45) is 5.40. The normalized spacial score (nSPS) is 10.6. The lowest BCUT2D eigenvalue weighted by atomic mass is 10.1. The molecule has 4 N–H and O–H groups in total. The van der Waals surface area contributed by atoms with Crippen molar-refractivity contribution in [2.75, 3.05) is 26.2 Å². The smallest absolute Gasteiger partial charge is 0.317 e. The summed E-state index contributed by atoms with van der Waals surface area (Å²) in [4.78, 5) is 50.2. The number of nitrogens with zero attached hydrogens (tertiary/aromatic N) is 3. The van der Waals surface area contributed by atoms with Crippen LogP contribution in [0.15, 0.2) is 12.1 Å². The van der Waals surface area contributed by atoms with Crippen molar-refractivity contribution < 1.29 is 39.6 Å². The average molecular weight is 393 g/mol. The van der Waals surface area contributed by atoms with E-state index in [1.165, 1.54) is 12.1 Å². The summed E-state index contributed by atoms with van der Waals surface area (Å²) in [5, 5.41) is 35.7. The zero-order valence-electron chi connectivity index (χ0n) is 14.7. The highest BCUT2D eigenvalue weighted by atomic mass is 16.4. The maximum Gasteiger partial charge on any atom is 0.317 e. The van der Waals surface area contributed by atoms with Gasteiger partial charge in [-0.2, -0.15) is 0 Å². The number of aromatic nitrogens is 1. The lowest BCUT2D eigenvalue weighted by Gasteiger charge is -2.20. The number of pyridine rings is 1. The topological polar surface area (TPSA) is 169 Å². The molecule has 11 nitrogen and oxygen atoms in total. The number of terminal acetylenes is 1. The van der Waals surface area contributed by atoms with Crippen LogP contribution in [0.3, 0.4) is 0 Å². The van der Waals surface area contributed by atoms with Gasteiger partial charge in [-0.1, -0.05) is 5.92 Å². The van der Waals surface area contributed by atoms with Crippen LogP contribution in [0.5, 0.6) is 0 Å². The van der Waals surface area contributed by atoms with Crippen LogP contribution >= 0.6 is 0 Å². The predicted octanol–water partition coefficient (Wildman–Crippen LogP) is -0.995. The van der Waals surface area contributed by atoms with Gasteiger partial charge in [-0.15, -0.1) is 6.42 Å². The Labute approximate surface area is 159 Å². The summed E-state index contributed by atoms with van der Waals surface area (Å²) in [5.74, 6) is -2.51. The van der Waals surface area contributed by atoms with Gasteiger partial charge in [-0.05, 0) is 12.1 Å². The highest BCUT2D eigenvalue weighted by Crippen LogP contribution is 2.12. The van der Waals surface area contributed by atoms with E-state index in [1.54, 1.807) is 0 Å².